The van der Waals surface area contributed by atoms with Crippen molar-refractivity contribution in [2.45, 2.75) is 31.8 Å². The fourth-order valence-corrected chi connectivity index (χ4v) is 4.15. The van der Waals surface area contributed by atoms with Gasteiger partial charge in [0.05, 0.1) is 12.2 Å². The lowest BCUT2D eigenvalue weighted by Crippen LogP contribution is -2.32. The van der Waals surface area contributed by atoms with E-state index in [1.165, 1.54) is 6.07 Å². The largest absolute Gasteiger partial charge is 0.351 e. The SMILES string of the molecule is O=C(NCc1cccs1)c1cc(C2CCN(Cc3ccccc3F)CC2)no1. The Kier molecular flexibility index (Phi) is 5.83. The summed E-state index contributed by atoms with van der Waals surface area (Å²) in [6.45, 7) is 2.84. The summed E-state index contributed by atoms with van der Waals surface area (Å²) in [5, 5.41) is 8.95. The Bertz CT molecular complexity index is 917. The van der Waals surface area contributed by atoms with Gasteiger partial charge in [0, 0.05) is 29.0 Å². The Hall–Kier alpha value is -2.51. The lowest BCUT2D eigenvalue weighted by Gasteiger charge is -2.31. The average molecular weight is 399 g/mol. The van der Waals surface area contributed by atoms with Crippen molar-refractivity contribution in [3.8, 4) is 0 Å². The summed E-state index contributed by atoms with van der Waals surface area (Å²) in [4.78, 5) is 15.6. The number of hydrogen-bond donors (Lipinski definition) is 1. The number of halogens is 1. The van der Waals surface area contributed by atoms with E-state index in [2.05, 4.69) is 15.4 Å². The van der Waals surface area contributed by atoms with Crippen molar-refractivity contribution in [3.63, 3.8) is 0 Å². The van der Waals surface area contributed by atoms with Crippen molar-refractivity contribution in [2.24, 2.45) is 0 Å². The van der Waals surface area contributed by atoms with Gasteiger partial charge in [-0.25, -0.2) is 4.39 Å². The Morgan fingerprint density at radius 2 is 2.07 bits per heavy atom. The first-order valence-electron chi connectivity index (χ1n) is 9.42. The predicted octanol–water partition coefficient (Wildman–Crippen LogP) is 4.18. The third kappa shape index (κ3) is 4.48. The number of carbonyl (C=O) groups excluding carboxylic acids is 1. The molecule has 0 bridgehead atoms. The number of likely N-dealkylation sites (tertiary alicyclic amines) is 1. The number of carbonyl (C=O) groups is 1. The quantitative estimate of drug-likeness (QED) is 0.675. The highest BCUT2D eigenvalue weighted by Crippen LogP contribution is 2.28. The molecule has 1 fully saturated rings. The molecule has 146 valence electrons. The zero-order valence-corrected chi connectivity index (χ0v) is 16.3. The minimum absolute atomic E-state index is 0.153. The highest BCUT2D eigenvalue weighted by atomic mass is 32.1. The van der Waals surface area contributed by atoms with Gasteiger partial charge < -0.3 is 9.84 Å². The van der Waals surface area contributed by atoms with Gasteiger partial charge in [0.2, 0.25) is 5.76 Å². The van der Waals surface area contributed by atoms with Crippen LogP contribution in [0.4, 0.5) is 4.39 Å². The van der Waals surface area contributed by atoms with E-state index in [9.17, 15) is 9.18 Å². The maximum Gasteiger partial charge on any atom is 0.290 e. The minimum atomic E-state index is -0.246. The summed E-state index contributed by atoms with van der Waals surface area (Å²) < 4.78 is 19.1. The van der Waals surface area contributed by atoms with Crippen LogP contribution in [0.2, 0.25) is 0 Å². The number of nitrogens with one attached hydrogen (secondary N) is 1. The molecule has 5 nitrogen and oxygen atoms in total. The molecule has 1 aromatic carbocycles. The van der Waals surface area contributed by atoms with Gasteiger partial charge in [0.25, 0.3) is 5.91 Å². The molecule has 0 atom stereocenters. The summed E-state index contributed by atoms with van der Waals surface area (Å²) in [7, 11) is 0. The van der Waals surface area contributed by atoms with E-state index in [4.69, 9.17) is 4.52 Å². The van der Waals surface area contributed by atoms with Crippen molar-refractivity contribution in [3.05, 3.63) is 75.6 Å². The van der Waals surface area contributed by atoms with Crippen molar-refractivity contribution >= 4 is 17.2 Å². The van der Waals surface area contributed by atoms with E-state index in [1.807, 2.05) is 29.6 Å². The highest BCUT2D eigenvalue weighted by molar-refractivity contribution is 7.09. The summed E-state index contributed by atoms with van der Waals surface area (Å²) >= 11 is 1.60. The van der Waals surface area contributed by atoms with E-state index in [1.54, 1.807) is 23.5 Å². The molecule has 4 rings (SSSR count). The standard InChI is InChI=1S/C21H22FN3O2S/c22-18-6-2-1-4-16(18)14-25-9-7-15(8-10-25)19-12-20(27-24-19)21(26)23-13-17-5-3-11-28-17/h1-6,11-12,15H,7-10,13-14H2,(H,23,26). The van der Waals surface area contributed by atoms with Crippen LogP contribution in [-0.4, -0.2) is 29.1 Å². The topological polar surface area (TPSA) is 58.4 Å². The molecule has 7 heteroatoms. The van der Waals surface area contributed by atoms with E-state index in [0.717, 1.165) is 42.1 Å². The van der Waals surface area contributed by atoms with E-state index in [0.29, 0.717) is 13.1 Å². The van der Waals surface area contributed by atoms with Crippen LogP contribution >= 0.6 is 11.3 Å². The highest BCUT2D eigenvalue weighted by Gasteiger charge is 2.25. The second-order valence-corrected chi connectivity index (χ2v) is 8.05. The number of hydrogen-bond acceptors (Lipinski definition) is 5. The van der Waals surface area contributed by atoms with Gasteiger partial charge in [-0.15, -0.1) is 11.3 Å². The van der Waals surface area contributed by atoms with Gasteiger partial charge in [-0.05, 0) is 43.4 Å². The number of thiophene rings is 1. The molecule has 1 amide bonds. The van der Waals surface area contributed by atoms with Gasteiger partial charge in [-0.2, -0.15) is 0 Å². The normalized spacial score (nSPS) is 15.6. The second-order valence-electron chi connectivity index (χ2n) is 7.02. The van der Waals surface area contributed by atoms with Gasteiger partial charge in [-0.3, -0.25) is 9.69 Å². The van der Waals surface area contributed by atoms with Gasteiger partial charge in [-0.1, -0.05) is 29.4 Å². The molecule has 0 unspecified atom stereocenters. The van der Waals surface area contributed by atoms with Crippen LogP contribution < -0.4 is 5.32 Å². The van der Waals surface area contributed by atoms with Crippen LogP contribution in [0, 0.1) is 5.82 Å². The summed E-state index contributed by atoms with van der Waals surface area (Å²) in [6, 6.07) is 12.6. The van der Waals surface area contributed by atoms with Gasteiger partial charge in [0.15, 0.2) is 0 Å². The molecule has 1 aliphatic rings. The smallest absolute Gasteiger partial charge is 0.290 e. The molecule has 0 spiro atoms. The number of piperidine rings is 1. The Morgan fingerprint density at radius 3 is 2.82 bits per heavy atom. The van der Waals surface area contributed by atoms with Crippen molar-refractivity contribution < 1.29 is 13.7 Å². The van der Waals surface area contributed by atoms with Crippen molar-refractivity contribution in [2.75, 3.05) is 13.1 Å². The van der Waals surface area contributed by atoms with Crippen LogP contribution in [-0.2, 0) is 13.1 Å². The first-order chi connectivity index (χ1) is 13.7. The zero-order chi connectivity index (χ0) is 19.3. The lowest BCUT2D eigenvalue weighted by molar-refractivity contribution is 0.0914. The predicted molar refractivity (Wildman–Crippen MR) is 106 cm³/mol. The Balaban J connectivity index is 1.29. The van der Waals surface area contributed by atoms with Crippen molar-refractivity contribution in [1.29, 1.82) is 0 Å². The fourth-order valence-electron chi connectivity index (χ4n) is 3.51. The summed E-state index contributed by atoms with van der Waals surface area (Å²) in [5.74, 6) is 0.114. The average Bonchev–Trinajstić information content (AvgIpc) is 3.41. The summed E-state index contributed by atoms with van der Waals surface area (Å²) in [6.07, 6.45) is 1.83. The lowest BCUT2D eigenvalue weighted by atomic mass is 9.93. The number of nitrogens with zero attached hydrogens (tertiary/aromatic N) is 2. The zero-order valence-electron chi connectivity index (χ0n) is 15.4. The molecule has 0 saturated carbocycles. The molecule has 3 aromatic rings. The van der Waals surface area contributed by atoms with Crippen LogP contribution in [0.15, 0.2) is 52.4 Å². The number of amides is 1. The maximum atomic E-state index is 13.8. The van der Waals surface area contributed by atoms with Crippen LogP contribution in [0.1, 0.15) is 45.4 Å². The van der Waals surface area contributed by atoms with Crippen LogP contribution in [0.25, 0.3) is 0 Å². The first kappa shape index (κ1) is 18.8. The molecular formula is C21H22FN3O2S. The third-order valence-electron chi connectivity index (χ3n) is 5.11. The van der Waals surface area contributed by atoms with Crippen molar-refractivity contribution in [1.82, 2.24) is 15.4 Å². The van der Waals surface area contributed by atoms with Crippen LogP contribution in [0.3, 0.4) is 0 Å². The fraction of sp³-hybridized carbons (Fsp3) is 0.333. The van der Waals surface area contributed by atoms with E-state index >= 15 is 0 Å². The van der Waals surface area contributed by atoms with E-state index in [-0.39, 0.29) is 23.4 Å². The number of benzene rings is 1. The molecule has 28 heavy (non-hydrogen) atoms. The third-order valence-corrected chi connectivity index (χ3v) is 5.99. The van der Waals surface area contributed by atoms with Gasteiger partial charge >= 0.3 is 0 Å². The molecule has 3 heterocycles. The van der Waals surface area contributed by atoms with E-state index < -0.39 is 0 Å². The molecule has 1 aliphatic heterocycles. The minimum Gasteiger partial charge on any atom is -0.351 e. The molecule has 2 aromatic heterocycles. The first-order valence-corrected chi connectivity index (χ1v) is 10.3. The van der Waals surface area contributed by atoms with Gasteiger partial charge in [0.1, 0.15) is 5.82 Å². The maximum absolute atomic E-state index is 13.8. The Morgan fingerprint density at radius 1 is 1.25 bits per heavy atom. The number of rotatable bonds is 6. The monoisotopic (exact) mass is 399 g/mol. The Labute approximate surface area is 167 Å². The summed E-state index contributed by atoms with van der Waals surface area (Å²) in [5.41, 5.74) is 1.55. The molecule has 0 aliphatic carbocycles. The molecule has 0 radical (unpaired) electrons. The number of aromatic nitrogens is 1. The molecule has 1 saturated heterocycles. The molecule has 1 N–H and O–H groups in total. The molecular weight excluding hydrogens is 377 g/mol. The van der Waals surface area contributed by atoms with Crippen LogP contribution in [0.5, 0.6) is 0 Å². The second kappa shape index (κ2) is 8.67.